The maximum atomic E-state index is 11.8. The van der Waals surface area contributed by atoms with Gasteiger partial charge >= 0.3 is 5.69 Å². The van der Waals surface area contributed by atoms with Gasteiger partial charge in [-0.15, -0.1) is 0 Å². The summed E-state index contributed by atoms with van der Waals surface area (Å²) in [4.78, 5) is 28.2. The van der Waals surface area contributed by atoms with Gasteiger partial charge in [0.1, 0.15) is 6.04 Å². The van der Waals surface area contributed by atoms with Gasteiger partial charge in [-0.1, -0.05) is 0 Å². The Morgan fingerprint density at radius 3 is 3.05 bits per heavy atom. The number of anilines is 1. The fraction of sp³-hybridized carbons (Fsp3) is 0.455. The van der Waals surface area contributed by atoms with Crippen molar-refractivity contribution in [3.05, 3.63) is 26.9 Å². The number of nitrogens with one attached hydrogen (secondary N) is 1. The standard InChI is InChI=1S/C11H13BrN4O3/c1-13-11(17)8-3-2-4-15(8)10-9(16(18)19)5-7(12)6-14-10/h5-6,8H,2-4H2,1H3,(H,13,17). The van der Waals surface area contributed by atoms with Gasteiger partial charge in [0, 0.05) is 30.3 Å². The number of nitrogens with zero attached hydrogens (tertiary/aromatic N) is 3. The Labute approximate surface area is 118 Å². The number of likely N-dealkylation sites (N-methyl/N-ethyl adjacent to an activating group) is 1. The third kappa shape index (κ3) is 2.67. The van der Waals surface area contributed by atoms with Crippen LogP contribution in [0.25, 0.3) is 0 Å². The van der Waals surface area contributed by atoms with E-state index < -0.39 is 11.0 Å². The zero-order chi connectivity index (χ0) is 14.0. The number of hydrogen-bond donors (Lipinski definition) is 1. The number of amides is 1. The summed E-state index contributed by atoms with van der Waals surface area (Å²) in [6.07, 6.45) is 2.99. The van der Waals surface area contributed by atoms with Crippen molar-refractivity contribution in [3.8, 4) is 0 Å². The summed E-state index contributed by atoms with van der Waals surface area (Å²) in [6.45, 7) is 0.591. The van der Waals surface area contributed by atoms with Crippen molar-refractivity contribution in [3.63, 3.8) is 0 Å². The fourth-order valence-corrected chi connectivity index (χ4v) is 2.56. The minimum Gasteiger partial charge on any atom is -0.357 e. The molecule has 0 aliphatic carbocycles. The Balaban J connectivity index is 2.40. The summed E-state index contributed by atoms with van der Waals surface area (Å²) in [5, 5.41) is 13.7. The number of nitro groups is 1. The predicted octanol–water partition coefficient (Wildman–Crippen LogP) is 1.47. The molecule has 2 heterocycles. The largest absolute Gasteiger partial charge is 0.357 e. The number of halogens is 1. The van der Waals surface area contributed by atoms with Crippen molar-refractivity contribution in [1.29, 1.82) is 0 Å². The van der Waals surface area contributed by atoms with Gasteiger partial charge in [-0.3, -0.25) is 14.9 Å². The second-order valence-electron chi connectivity index (χ2n) is 4.22. The van der Waals surface area contributed by atoms with E-state index in [0.29, 0.717) is 17.4 Å². The van der Waals surface area contributed by atoms with Crippen LogP contribution in [0, 0.1) is 10.1 Å². The molecule has 0 aromatic carbocycles. The number of hydrogen-bond acceptors (Lipinski definition) is 5. The lowest BCUT2D eigenvalue weighted by atomic mass is 10.2. The molecule has 1 unspecified atom stereocenters. The third-order valence-electron chi connectivity index (χ3n) is 3.08. The lowest BCUT2D eigenvalue weighted by Crippen LogP contribution is -2.42. The van der Waals surface area contributed by atoms with Crippen LogP contribution in [0.2, 0.25) is 0 Å². The van der Waals surface area contributed by atoms with Crippen molar-refractivity contribution in [2.75, 3.05) is 18.5 Å². The zero-order valence-electron chi connectivity index (χ0n) is 10.3. The van der Waals surface area contributed by atoms with Crippen LogP contribution < -0.4 is 10.2 Å². The summed E-state index contributed by atoms with van der Waals surface area (Å²) < 4.78 is 0.540. The van der Waals surface area contributed by atoms with E-state index in [2.05, 4.69) is 26.2 Å². The third-order valence-corrected chi connectivity index (χ3v) is 3.52. The van der Waals surface area contributed by atoms with E-state index in [1.54, 1.807) is 11.9 Å². The van der Waals surface area contributed by atoms with Gasteiger partial charge in [0.05, 0.1) is 4.92 Å². The fourth-order valence-electron chi connectivity index (χ4n) is 2.24. The van der Waals surface area contributed by atoms with Crippen LogP contribution in [-0.2, 0) is 4.79 Å². The average molecular weight is 329 g/mol. The highest BCUT2D eigenvalue weighted by atomic mass is 79.9. The van der Waals surface area contributed by atoms with Crippen LogP contribution in [0.4, 0.5) is 11.5 Å². The molecular formula is C11H13BrN4O3. The second kappa shape index (κ2) is 5.52. The molecule has 102 valence electrons. The molecule has 0 spiro atoms. The van der Waals surface area contributed by atoms with E-state index in [1.165, 1.54) is 12.3 Å². The molecular weight excluding hydrogens is 316 g/mol. The van der Waals surface area contributed by atoms with E-state index in [9.17, 15) is 14.9 Å². The lowest BCUT2D eigenvalue weighted by Gasteiger charge is -2.23. The first-order chi connectivity index (χ1) is 9.04. The number of aromatic nitrogens is 1. The smallest absolute Gasteiger partial charge is 0.312 e. The first kappa shape index (κ1) is 13.7. The van der Waals surface area contributed by atoms with Crippen LogP contribution in [0.15, 0.2) is 16.7 Å². The molecule has 1 aromatic rings. The molecule has 1 aromatic heterocycles. The van der Waals surface area contributed by atoms with Crippen molar-refractivity contribution in [1.82, 2.24) is 10.3 Å². The van der Waals surface area contributed by atoms with Crippen LogP contribution in [-0.4, -0.2) is 35.4 Å². The lowest BCUT2D eigenvalue weighted by molar-refractivity contribution is -0.384. The first-order valence-corrected chi connectivity index (χ1v) is 6.62. The van der Waals surface area contributed by atoms with E-state index in [0.717, 1.165) is 6.42 Å². The Kier molecular flexibility index (Phi) is 3.98. The van der Waals surface area contributed by atoms with E-state index in [4.69, 9.17) is 0 Å². The van der Waals surface area contributed by atoms with Gasteiger partial charge in [-0.05, 0) is 28.8 Å². The molecule has 1 fully saturated rings. The van der Waals surface area contributed by atoms with E-state index in [1.807, 2.05) is 0 Å². The summed E-state index contributed by atoms with van der Waals surface area (Å²) in [5.41, 5.74) is -0.0924. The molecule has 19 heavy (non-hydrogen) atoms. The summed E-state index contributed by atoms with van der Waals surface area (Å²) in [5.74, 6) is 0.107. The number of rotatable bonds is 3. The predicted molar refractivity (Wildman–Crippen MR) is 73.0 cm³/mol. The molecule has 0 radical (unpaired) electrons. The van der Waals surface area contributed by atoms with Gasteiger partial charge < -0.3 is 10.2 Å². The van der Waals surface area contributed by atoms with Gasteiger partial charge in [0.25, 0.3) is 0 Å². The number of carbonyl (C=O) groups excluding carboxylic acids is 1. The highest BCUT2D eigenvalue weighted by molar-refractivity contribution is 9.10. The molecule has 1 atom stereocenters. The Hall–Kier alpha value is -1.70. The van der Waals surface area contributed by atoms with Crippen molar-refractivity contribution in [2.24, 2.45) is 0 Å². The highest BCUT2D eigenvalue weighted by Gasteiger charge is 2.34. The first-order valence-electron chi connectivity index (χ1n) is 5.82. The molecule has 1 amide bonds. The van der Waals surface area contributed by atoms with E-state index >= 15 is 0 Å². The molecule has 7 nitrogen and oxygen atoms in total. The molecule has 1 N–H and O–H groups in total. The van der Waals surface area contributed by atoms with Crippen molar-refractivity contribution >= 4 is 33.3 Å². The number of carbonyl (C=O) groups is 1. The van der Waals surface area contributed by atoms with Gasteiger partial charge in [-0.2, -0.15) is 0 Å². The van der Waals surface area contributed by atoms with Gasteiger partial charge in [-0.25, -0.2) is 4.98 Å². The van der Waals surface area contributed by atoms with Crippen LogP contribution >= 0.6 is 15.9 Å². The monoisotopic (exact) mass is 328 g/mol. The Morgan fingerprint density at radius 2 is 2.42 bits per heavy atom. The van der Waals surface area contributed by atoms with Crippen LogP contribution in [0.1, 0.15) is 12.8 Å². The van der Waals surface area contributed by atoms with Crippen LogP contribution in [0.3, 0.4) is 0 Å². The minimum absolute atomic E-state index is 0.0924. The normalized spacial score (nSPS) is 18.4. The molecule has 0 saturated carbocycles. The zero-order valence-corrected chi connectivity index (χ0v) is 11.9. The average Bonchev–Trinajstić information content (AvgIpc) is 2.86. The minimum atomic E-state index is -0.480. The quantitative estimate of drug-likeness (QED) is 0.670. The summed E-state index contributed by atoms with van der Waals surface area (Å²) in [6, 6.07) is 1.01. The topological polar surface area (TPSA) is 88.4 Å². The summed E-state index contributed by atoms with van der Waals surface area (Å²) in [7, 11) is 1.56. The maximum Gasteiger partial charge on any atom is 0.312 e. The SMILES string of the molecule is CNC(=O)C1CCCN1c1ncc(Br)cc1[N+](=O)[O-]. The second-order valence-corrected chi connectivity index (χ2v) is 5.13. The molecule has 1 saturated heterocycles. The summed E-state index contributed by atoms with van der Waals surface area (Å²) >= 11 is 3.17. The number of pyridine rings is 1. The van der Waals surface area contributed by atoms with Crippen molar-refractivity contribution < 1.29 is 9.72 Å². The molecule has 1 aliphatic heterocycles. The maximum absolute atomic E-state index is 11.8. The van der Waals surface area contributed by atoms with Gasteiger partial charge in [0.15, 0.2) is 0 Å². The highest BCUT2D eigenvalue weighted by Crippen LogP contribution is 2.33. The molecule has 8 heteroatoms. The van der Waals surface area contributed by atoms with Gasteiger partial charge in [0.2, 0.25) is 11.7 Å². The molecule has 2 rings (SSSR count). The van der Waals surface area contributed by atoms with Crippen LogP contribution in [0.5, 0.6) is 0 Å². The Morgan fingerprint density at radius 1 is 1.68 bits per heavy atom. The molecule has 1 aliphatic rings. The molecule has 0 bridgehead atoms. The Bertz CT molecular complexity index is 523. The van der Waals surface area contributed by atoms with Crippen molar-refractivity contribution in [2.45, 2.75) is 18.9 Å². The van der Waals surface area contributed by atoms with E-state index in [-0.39, 0.29) is 17.4 Å².